The van der Waals surface area contributed by atoms with Gasteiger partial charge in [0.15, 0.2) is 17.3 Å². The van der Waals surface area contributed by atoms with Crippen LogP contribution >= 0.6 is 23.2 Å². The zero-order chi connectivity index (χ0) is 22.5. The first kappa shape index (κ1) is 22.7. The molecule has 170 valence electrons. The average Bonchev–Trinajstić information content (AvgIpc) is 2.82. The Morgan fingerprint density at radius 1 is 1.00 bits per heavy atom. The van der Waals surface area contributed by atoms with Crippen LogP contribution in [0.5, 0.6) is 17.2 Å². The number of Topliss-reactive ketones (excluding diaryl/α,β-unsaturated/α-hetero) is 1. The molecular weight excluding hydrogens is 453 g/mol. The Labute approximate surface area is 197 Å². The van der Waals surface area contributed by atoms with Crippen molar-refractivity contribution in [2.75, 3.05) is 32.9 Å². The van der Waals surface area contributed by atoms with Gasteiger partial charge in [-0.1, -0.05) is 23.2 Å². The van der Waals surface area contributed by atoms with Gasteiger partial charge in [-0.3, -0.25) is 9.59 Å². The van der Waals surface area contributed by atoms with Crippen LogP contribution in [0.3, 0.4) is 0 Å². The highest BCUT2D eigenvalue weighted by molar-refractivity contribution is 6.35. The highest BCUT2D eigenvalue weighted by atomic mass is 35.5. The number of rotatable bonds is 7. The average molecular weight is 478 g/mol. The second kappa shape index (κ2) is 10.5. The number of halogens is 2. The number of likely N-dealkylation sites (tertiary alicyclic amines) is 1. The zero-order valence-electron chi connectivity index (χ0n) is 17.6. The fourth-order valence-corrected chi connectivity index (χ4v) is 4.44. The summed E-state index contributed by atoms with van der Waals surface area (Å²) in [5, 5.41) is 1.00. The Bertz CT molecular complexity index is 988. The molecule has 0 bridgehead atoms. The highest BCUT2D eigenvalue weighted by Crippen LogP contribution is 2.33. The molecule has 0 aliphatic carbocycles. The number of amides is 1. The van der Waals surface area contributed by atoms with Gasteiger partial charge in [-0.25, -0.2) is 0 Å². The summed E-state index contributed by atoms with van der Waals surface area (Å²) in [5.74, 6) is 1.95. The first-order valence-electron chi connectivity index (χ1n) is 10.8. The fraction of sp³-hybridized carbons (Fsp3) is 0.417. The summed E-state index contributed by atoms with van der Waals surface area (Å²) in [5.41, 5.74) is 0.636. The molecule has 0 aromatic heterocycles. The topological polar surface area (TPSA) is 65.1 Å². The third-order valence-corrected chi connectivity index (χ3v) is 6.26. The Balaban J connectivity index is 1.21. The summed E-state index contributed by atoms with van der Waals surface area (Å²) in [4.78, 5) is 27.3. The minimum Gasteiger partial charge on any atom is -0.492 e. The van der Waals surface area contributed by atoms with E-state index in [1.54, 1.807) is 36.4 Å². The van der Waals surface area contributed by atoms with Crippen molar-refractivity contribution >= 4 is 34.9 Å². The third kappa shape index (κ3) is 5.48. The largest absolute Gasteiger partial charge is 0.492 e. The summed E-state index contributed by atoms with van der Waals surface area (Å²) in [6.07, 6.45) is 2.31. The Kier molecular flexibility index (Phi) is 7.43. The first-order chi connectivity index (χ1) is 15.5. The number of piperidine rings is 1. The van der Waals surface area contributed by atoms with Gasteiger partial charge in [0.05, 0.1) is 11.6 Å². The maximum atomic E-state index is 12.9. The molecule has 1 fully saturated rings. The number of hydrogen-bond acceptors (Lipinski definition) is 5. The van der Waals surface area contributed by atoms with Crippen molar-refractivity contribution in [3.05, 3.63) is 52.0 Å². The van der Waals surface area contributed by atoms with E-state index >= 15 is 0 Å². The lowest BCUT2D eigenvalue weighted by Gasteiger charge is -2.31. The van der Waals surface area contributed by atoms with Gasteiger partial charge >= 0.3 is 0 Å². The van der Waals surface area contributed by atoms with Crippen LogP contribution < -0.4 is 14.2 Å². The van der Waals surface area contributed by atoms with E-state index in [4.69, 9.17) is 37.4 Å². The van der Waals surface area contributed by atoms with Crippen molar-refractivity contribution < 1.29 is 23.8 Å². The number of hydrogen-bond donors (Lipinski definition) is 0. The summed E-state index contributed by atoms with van der Waals surface area (Å²) < 4.78 is 16.7. The van der Waals surface area contributed by atoms with Crippen molar-refractivity contribution in [1.29, 1.82) is 0 Å². The van der Waals surface area contributed by atoms with Gasteiger partial charge in [0.2, 0.25) is 5.91 Å². The van der Waals surface area contributed by atoms with Crippen molar-refractivity contribution in [1.82, 2.24) is 4.90 Å². The molecule has 2 aliphatic heterocycles. The van der Waals surface area contributed by atoms with Gasteiger partial charge in [-0.15, -0.1) is 0 Å². The van der Waals surface area contributed by atoms with E-state index in [0.29, 0.717) is 91.5 Å². The number of fused-ring (bicyclic) bond motifs is 1. The standard InChI is InChI=1S/C24H25Cl2NO5/c25-18-4-6-20(19(26)15-18)30-11-1-2-23(28)27-9-7-16(8-10-27)24(29)17-3-5-21-22(14-17)32-13-12-31-21/h3-6,14-16H,1-2,7-13H2. The molecule has 2 aliphatic rings. The van der Waals surface area contributed by atoms with Crippen LogP contribution in [-0.4, -0.2) is 49.5 Å². The van der Waals surface area contributed by atoms with Crippen molar-refractivity contribution in [3.63, 3.8) is 0 Å². The van der Waals surface area contributed by atoms with Gasteiger partial charge < -0.3 is 19.1 Å². The van der Waals surface area contributed by atoms with Gasteiger partial charge in [0.1, 0.15) is 19.0 Å². The maximum Gasteiger partial charge on any atom is 0.222 e. The number of carbonyl (C=O) groups is 2. The molecule has 2 aromatic carbocycles. The summed E-state index contributed by atoms with van der Waals surface area (Å²) in [6, 6.07) is 10.4. The van der Waals surface area contributed by atoms with E-state index in [1.807, 2.05) is 4.90 Å². The van der Waals surface area contributed by atoms with E-state index in [-0.39, 0.29) is 17.6 Å². The molecule has 0 spiro atoms. The lowest BCUT2D eigenvalue weighted by Crippen LogP contribution is -2.40. The summed E-state index contributed by atoms with van der Waals surface area (Å²) >= 11 is 12.0. The normalized spacial score (nSPS) is 16.0. The molecule has 0 radical (unpaired) electrons. The van der Waals surface area contributed by atoms with E-state index in [2.05, 4.69) is 0 Å². The van der Waals surface area contributed by atoms with Crippen molar-refractivity contribution in [3.8, 4) is 17.2 Å². The molecule has 4 rings (SSSR count). The van der Waals surface area contributed by atoms with Crippen LogP contribution in [0.2, 0.25) is 10.0 Å². The van der Waals surface area contributed by atoms with Crippen LogP contribution in [0.25, 0.3) is 0 Å². The van der Waals surface area contributed by atoms with Crippen LogP contribution in [0.1, 0.15) is 36.0 Å². The maximum absolute atomic E-state index is 12.9. The molecule has 1 amide bonds. The second-order valence-electron chi connectivity index (χ2n) is 7.90. The molecule has 2 heterocycles. The van der Waals surface area contributed by atoms with Crippen LogP contribution in [0, 0.1) is 5.92 Å². The highest BCUT2D eigenvalue weighted by Gasteiger charge is 2.28. The van der Waals surface area contributed by atoms with Gasteiger partial charge in [0, 0.05) is 36.0 Å². The van der Waals surface area contributed by atoms with Crippen LogP contribution in [-0.2, 0) is 4.79 Å². The molecule has 0 N–H and O–H groups in total. The second-order valence-corrected chi connectivity index (χ2v) is 8.75. The third-order valence-electron chi connectivity index (χ3n) is 5.73. The van der Waals surface area contributed by atoms with Crippen molar-refractivity contribution in [2.45, 2.75) is 25.7 Å². The van der Waals surface area contributed by atoms with Gasteiger partial charge in [0.25, 0.3) is 0 Å². The smallest absolute Gasteiger partial charge is 0.222 e. The van der Waals surface area contributed by atoms with E-state index in [9.17, 15) is 9.59 Å². The summed E-state index contributed by atoms with van der Waals surface area (Å²) in [7, 11) is 0. The predicted octanol–water partition coefficient (Wildman–Crippen LogP) is 5.05. The number of nitrogens with zero attached hydrogens (tertiary/aromatic N) is 1. The predicted molar refractivity (Wildman–Crippen MR) is 122 cm³/mol. The Hall–Kier alpha value is -2.44. The molecule has 6 nitrogen and oxygen atoms in total. The molecule has 1 saturated heterocycles. The van der Waals surface area contributed by atoms with Crippen molar-refractivity contribution in [2.24, 2.45) is 5.92 Å². The number of carbonyl (C=O) groups excluding carboxylic acids is 2. The Morgan fingerprint density at radius 3 is 2.50 bits per heavy atom. The molecule has 32 heavy (non-hydrogen) atoms. The molecule has 0 saturated carbocycles. The van der Waals surface area contributed by atoms with E-state index in [0.717, 1.165) is 0 Å². The van der Waals surface area contributed by atoms with Crippen LogP contribution in [0.4, 0.5) is 0 Å². The van der Waals surface area contributed by atoms with Gasteiger partial charge in [-0.2, -0.15) is 0 Å². The molecular formula is C24H25Cl2NO5. The molecule has 0 unspecified atom stereocenters. The Morgan fingerprint density at radius 2 is 1.75 bits per heavy atom. The fourth-order valence-electron chi connectivity index (χ4n) is 3.98. The minimum absolute atomic E-state index is 0.0843. The SMILES string of the molecule is O=C(c1ccc2c(c1)OCCO2)C1CCN(C(=O)CCCOc2ccc(Cl)cc2Cl)CC1. The number of ether oxygens (including phenoxy) is 3. The molecule has 2 aromatic rings. The lowest BCUT2D eigenvalue weighted by molar-refractivity contribution is -0.132. The lowest BCUT2D eigenvalue weighted by atomic mass is 9.88. The van der Waals surface area contributed by atoms with Gasteiger partial charge in [-0.05, 0) is 55.7 Å². The number of ketones is 1. The van der Waals surface area contributed by atoms with E-state index in [1.165, 1.54) is 0 Å². The quantitative estimate of drug-likeness (QED) is 0.412. The monoisotopic (exact) mass is 477 g/mol. The molecule has 0 atom stereocenters. The summed E-state index contributed by atoms with van der Waals surface area (Å²) in [6.45, 7) is 2.58. The first-order valence-corrected chi connectivity index (χ1v) is 11.6. The van der Waals surface area contributed by atoms with Crippen LogP contribution in [0.15, 0.2) is 36.4 Å². The van der Waals surface area contributed by atoms with E-state index < -0.39 is 0 Å². The minimum atomic E-state index is -0.0861. The molecule has 8 heteroatoms. The number of benzene rings is 2. The zero-order valence-corrected chi connectivity index (χ0v) is 19.2.